The van der Waals surface area contributed by atoms with Gasteiger partial charge in [0.2, 0.25) is 5.91 Å². The highest BCUT2D eigenvalue weighted by Gasteiger charge is 2.48. The Labute approximate surface area is 150 Å². The molecule has 4 rings (SSSR count). The lowest BCUT2D eigenvalue weighted by molar-refractivity contribution is -0.146. The number of carbonyl (C=O) groups excluding carboxylic acids is 1. The summed E-state index contributed by atoms with van der Waals surface area (Å²) in [6.07, 6.45) is 5.83. The lowest BCUT2D eigenvalue weighted by Gasteiger charge is -2.43. The van der Waals surface area contributed by atoms with Crippen molar-refractivity contribution in [3.05, 3.63) is 46.4 Å². The van der Waals surface area contributed by atoms with Crippen molar-refractivity contribution in [2.24, 2.45) is 0 Å². The van der Waals surface area contributed by atoms with Crippen molar-refractivity contribution in [2.45, 2.75) is 37.2 Å². The van der Waals surface area contributed by atoms with E-state index >= 15 is 0 Å². The molecule has 126 valence electrons. The first-order valence-electron chi connectivity index (χ1n) is 8.29. The molecule has 1 aliphatic heterocycles. The molecule has 1 aromatic heterocycles. The fourth-order valence-corrected chi connectivity index (χ4v) is 4.44. The maximum absolute atomic E-state index is 13.2. The van der Waals surface area contributed by atoms with Crippen LogP contribution in [0.15, 0.2) is 35.8 Å². The minimum Gasteiger partial charge on any atom is -0.463 e. The van der Waals surface area contributed by atoms with E-state index in [1.807, 2.05) is 34.5 Å². The highest BCUT2D eigenvalue weighted by Crippen LogP contribution is 2.43. The second-order valence-corrected chi connectivity index (χ2v) is 7.84. The number of halogens is 1. The molecule has 1 amide bonds. The Hall–Kier alpha value is -1.59. The molecular weight excluding hydrogens is 344 g/mol. The summed E-state index contributed by atoms with van der Waals surface area (Å²) in [7, 11) is 0. The first-order chi connectivity index (χ1) is 11.7. The van der Waals surface area contributed by atoms with Gasteiger partial charge in [0.05, 0.1) is 18.5 Å². The van der Waals surface area contributed by atoms with Gasteiger partial charge in [0.15, 0.2) is 0 Å². The van der Waals surface area contributed by atoms with Crippen LogP contribution in [0.25, 0.3) is 0 Å². The molecule has 24 heavy (non-hydrogen) atoms. The summed E-state index contributed by atoms with van der Waals surface area (Å²) < 4.78 is 5.78. The Morgan fingerprint density at radius 1 is 1.25 bits per heavy atom. The van der Waals surface area contributed by atoms with Crippen LogP contribution in [0, 0.1) is 0 Å². The molecular formula is C18H19ClN2O2S. The summed E-state index contributed by atoms with van der Waals surface area (Å²) in [6, 6.07) is 7.78. The summed E-state index contributed by atoms with van der Waals surface area (Å²) in [5.41, 5.74) is 0.718. The lowest BCUT2D eigenvalue weighted by atomic mass is 9.77. The van der Waals surface area contributed by atoms with E-state index in [0.717, 1.165) is 31.2 Å². The molecule has 1 saturated heterocycles. The largest absolute Gasteiger partial charge is 0.463 e. The number of nitrogens with zero attached hydrogens (tertiary/aromatic N) is 2. The molecule has 0 atom stereocenters. The topological polar surface area (TPSA) is 42.4 Å². The lowest BCUT2D eigenvalue weighted by Crippen LogP contribution is -2.60. The maximum Gasteiger partial charge on any atom is 0.273 e. The quantitative estimate of drug-likeness (QED) is 0.828. The third kappa shape index (κ3) is 2.80. The van der Waals surface area contributed by atoms with Crippen molar-refractivity contribution in [2.75, 3.05) is 13.1 Å². The number of rotatable bonds is 4. The summed E-state index contributed by atoms with van der Waals surface area (Å²) >= 11 is 7.50. The molecule has 1 aliphatic carbocycles. The summed E-state index contributed by atoms with van der Waals surface area (Å²) in [5, 5.41) is 3.28. The van der Waals surface area contributed by atoms with Crippen LogP contribution in [0.1, 0.15) is 31.2 Å². The van der Waals surface area contributed by atoms with Crippen LogP contribution in [0.5, 0.6) is 5.19 Å². The Morgan fingerprint density at radius 2 is 1.96 bits per heavy atom. The van der Waals surface area contributed by atoms with Crippen LogP contribution in [0.3, 0.4) is 0 Å². The van der Waals surface area contributed by atoms with Crippen LogP contribution >= 0.6 is 22.9 Å². The van der Waals surface area contributed by atoms with Gasteiger partial charge in [0, 0.05) is 16.6 Å². The van der Waals surface area contributed by atoms with Crippen molar-refractivity contribution < 1.29 is 9.53 Å². The Kier molecular flexibility index (Phi) is 4.22. The Balaban J connectivity index is 1.47. The summed E-state index contributed by atoms with van der Waals surface area (Å²) in [5.74, 6) is 0.237. The molecule has 0 radical (unpaired) electrons. The van der Waals surface area contributed by atoms with Gasteiger partial charge in [-0.05, 0) is 30.5 Å². The van der Waals surface area contributed by atoms with Gasteiger partial charge in [-0.15, -0.1) is 0 Å². The molecule has 6 heteroatoms. The molecule has 1 saturated carbocycles. The number of aromatic nitrogens is 1. The fraction of sp³-hybridized carbons (Fsp3) is 0.444. The van der Waals surface area contributed by atoms with Crippen molar-refractivity contribution in [1.29, 1.82) is 0 Å². The minimum absolute atomic E-state index is 0.0590. The SMILES string of the molecule is O=C(N1CC(Oc2nccs2)C1)C1(c2ccc(Cl)cc2)CCCC1. The normalized spacial score (nSPS) is 20.0. The molecule has 0 spiro atoms. The summed E-state index contributed by atoms with van der Waals surface area (Å²) in [4.78, 5) is 19.3. The third-order valence-electron chi connectivity index (χ3n) is 5.08. The number of hydrogen-bond donors (Lipinski definition) is 0. The zero-order valence-corrected chi connectivity index (χ0v) is 14.9. The Morgan fingerprint density at radius 3 is 2.58 bits per heavy atom. The Bertz CT molecular complexity index is 705. The minimum atomic E-state index is -0.378. The third-order valence-corrected chi connectivity index (χ3v) is 5.99. The molecule has 2 aromatic rings. The number of likely N-dealkylation sites (tertiary alicyclic amines) is 1. The van der Waals surface area contributed by atoms with E-state index in [-0.39, 0.29) is 17.4 Å². The molecule has 2 aliphatic rings. The van der Waals surface area contributed by atoms with Crippen molar-refractivity contribution in [3.63, 3.8) is 0 Å². The fourth-order valence-electron chi connectivity index (χ4n) is 3.77. The smallest absolute Gasteiger partial charge is 0.273 e. The van der Waals surface area contributed by atoms with E-state index in [9.17, 15) is 4.79 Å². The van der Waals surface area contributed by atoms with Gasteiger partial charge in [-0.1, -0.05) is 47.9 Å². The van der Waals surface area contributed by atoms with Gasteiger partial charge < -0.3 is 9.64 Å². The highest BCUT2D eigenvalue weighted by molar-refractivity contribution is 7.11. The van der Waals surface area contributed by atoms with Crippen LogP contribution in [-0.4, -0.2) is 35.0 Å². The zero-order chi connectivity index (χ0) is 16.6. The van der Waals surface area contributed by atoms with Gasteiger partial charge in [-0.2, -0.15) is 0 Å². The standard InChI is InChI=1S/C18H19ClN2O2S/c19-14-5-3-13(4-6-14)18(7-1-2-8-18)16(22)21-11-15(12-21)23-17-20-9-10-24-17/h3-6,9-10,15H,1-2,7-8,11-12H2. The second kappa shape index (κ2) is 6.37. The van der Waals surface area contributed by atoms with E-state index in [0.29, 0.717) is 23.3 Å². The van der Waals surface area contributed by atoms with Crippen molar-refractivity contribution >= 4 is 28.8 Å². The number of hydrogen-bond acceptors (Lipinski definition) is 4. The number of ether oxygens (including phenoxy) is 1. The number of carbonyl (C=O) groups is 1. The van der Waals surface area contributed by atoms with E-state index in [2.05, 4.69) is 4.98 Å². The van der Waals surface area contributed by atoms with Crippen LogP contribution in [0.2, 0.25) is 5.02 Å². The van der Waals surface area contributed by atoms with Crippen LogP contribution in [-0.2, 0) is 10.2 Å². The number of amides is 1. The van der Waals surface area contributed by atoms with E-state index in [4.69, 9.17) is 16.3 Å². The van der Waals surface area contributed by atoms with Crippen LogP contribution < -0.4 is 4.74 Å². The molecule has 2 heterocycles. The average molecular weight is 363 g/mol. The molecule has 4 nitrogen and oxygen atoms in total. The van der Waals surface area contributed by atoms with E-state index in [1.165, 1.54) is 11.3 Å². The molecule has 0 N–H and O–H groups in total. The number of benzene rings is 1. The molecule has 0 bridgehead atoms. The van der Waals surface area contributed by atoms with E-state index in [1.54, 1.807) is 6.20 Å². The number of thiazole rings is 1. The van der Waals surface area contributed by atoms with Gasteiger partial charge >= 0.3 is 0 Å². The molecule has 1 aromatic carbocycles. The monoisotopic (exact) mass is 362 g/mol. The van der Waals surface area contributed by atoms with Gasteiger partial charge in [0.25, 0.3) is 5.19 Å². The first-order valence-corrected chi connectivity index (χ1v) is 9.55. The van der Waals surface area contributed by atoms with Crippen molar-refractivity contribution in [1.82, 2.24) is 9.88 Å². The van der Waals surface area contributed by atoms with Gasteiger partial charge in [-0.3, -0.25) is 4.79 Å². The van der Waals surface area contributed by atoms with Gasteiger partial charge in [0.1, 0.15) is 6.10 Å². The van der Waals surface area contributed by atoms with E-state index < -0.39 is 0 Å². The predicted molar refractivity (Wildman–Crippen MR) is 94.7 cm³/mol. The molecule has 2 fully saturated rings. The average Bonchev–Trinajstić information content (AvgIpc) is 3.23. The molecule has 0 unspecified atom stereocenters. The van der Waals surface area contributed by atoms with Crippen molar-refractivity contribution in [3.8, 4) is 5.19 Å². The first kappa shape index (κ1) is 15.9. The maximum atomic E-state index is 13.2. The summed E-state index contributed by atoms with van der Waals surface area (Å²) in [6.45, 7) is 1.29. The zero-order valence-electron chi connectivity index (χ0n) is 13.3. The highest BCUT2D eigenvalue weighted by atomic mass is 35.5. The second-order valence-electron chi connectivity index (χ2n) is 6.54. The van der Waals surface area contributed by atoms with Gasteiger partial charge in [-0.25, -0.2) is 4.98 Å². The predicted octanol–water partition coefficient (Wildman–Crippen LogP) is 3.90. The van der Waals surface area contributed by atoms with Crippen LogP contribution in [0.4, 0.5) is 0 Å².